The summed E-state index contributed by atoms with van der Waals surface area (Å²) in [7, 11) is 1.87. The van der Waals surface area contributed by atoms with Crippen LogP contribution in [0.4, 0.5) is 4.79 Å². The lowest BCUT2D eigenvalue weighted by Crippen LogP contribution is -2.45. The summed E-state index contributed by atoms with van der Waals surface area (Å²) in [6.45, 7) is 3.02. The Balaban J connectivity index is 1.35. The van der Waals surface area contributed by atoms with Gasteiger partial charge in [0.25, 0.3) is 0 Å². The fourth-order valence-electron chi connectivity index (χ4n) is 2.63. The second kappa shape index (κ2) is 6.47. The zero-order valence-electron chi connectivity index (χ0n) is 12.6. The third-order valence-corrected chi connectivity index (χ3v) is 4.20. The molecule has 0 spiro atoms. The molecule has 3 rings (SSSR count). The van der Waals surface area contributed by atoms with E-state index in [-0.39, 0.29) is 6.03 Å². The van der Waals surface area contributed by atoms with Crippen LogP contribution in [0.15, 0.2) is 12.4 Å². The maximum absolute atomic E-state index is 12.1. The van der Waals surface area contributed by atoms with E-state index < -0.39 is 0 Å². The molecule has 0 atom stereocenters. The van der Waals surface area contributed by atoms with E-state index in [0.717, 1.165) is 44.0 Å². The average Bonchev–Trinajstić information content (AvgIpc) is 3.24. The summed E-state index contributed by atoms with van der Waals surface area (Å²) < 4.78 is 7.64. The molecule has 2 amide bonds. The van der Waals surface area contributed by atoms with Gasteiger partial charge >= 0.3 is 6.03 Å². The van der Waals surface area contributed by atoms with Gasteiger partial charge in [-0.15, -0.1) is 0 Å². The number of piperidine rings is 1. The molecule has 1 aliphatic heterocycles. The minimum atomic E-state index is 0.0134. The fourth-order valence-corrected chi connectivity index (χ4v) is 2.63. The van der Waals surface area contributed by atoms with Crippen LogP contribution in [0.1, 0.15) is 31.2 Å². The van der Waals surface area contributed by atoms with Crippen LogP contribution in [0.25, 0.3) is 0 Å². The Morgan fingerprint density at radius 2 is 2.14 bits per heavy atom. The summed E-state index contributed by atoms with van der Waals surface area (Å²) in [5, 5.41) is 7.04. The maximum atomic E-state index is 12.1. The van der Waals surface area contributed by atoms with Crippen LogP contribution in [0.3, 0.4) is 0 Å². The Morgan fingerprint density at radius 3 is 2.76 bits per heavy atom. The van der Waals surface area contributed by atoms with Gasteiger partial charge in [0.05, 0.1) is 12.3 Å². The summed E-state index contributed by atoms with van der Waals surface area (Å²) in [5.41, 5.74) is 1.02. The topological polar surface area (TPSA) is 59.4 Å². The number of hydrogen-bond donors (Lipinski definition) is 1. The molecule has 116 valence electrons. The molecular formula is C15H24N4O2. The molecule has 1 N–H and O–H groups in total. The van der Waals surface area contributed by atoms with E-state index in [1.807, 2.05) is 18.1 Å². The average molecular weight is 292 g/mol. The van der Waals surface area contributed by atoms with Gasteiger partial charge in [0.2, 0.25) is 0 Å². The van der Waals surface area contributed by atoms with E-state index in [1.165, 1.54) is 12.8 Å². The van der Waals surface area contributed by atoms with Crippen molar-refractivity contribution in [2.24, 2.45) is 13.0 Å². The van der Waals surface area contributed by atoms with E-state index >= 15 is 0 Å². The minimum Gasteiger partial charge on any atom is -0.378 e. The number of urea groups is 1. The van der Waals surface area contributed by atoms with Gasteiger partial charge < -0.3 is 15.0 Å². The van der Waals surface area contributed by atoms with Crippen LogP contribution in [-0.2, 0) is 18.3 Å². The van der Waals surface area contributed by atoms with Crippen LogP contribution in [0, 0.1) is 5.92 Å². The Hall–Kier alpha value is -1.56. The van der Waals surface area contributed by atoms with Crippen molar-refractivity contribution in [2.75, 3.05) is 19.7 Å². The highest BCUT2D eigenvalue weighted by Gasteiger charge is 2.26. The Labute approximate surface area is 125 Å². The number of nitrogens with one attached hydrogen (secondary N) is 1. The largest absolute Gasteiger partial charge is 0.378 e. The first-order chi connectivity index (χ1) is 10.2. The van der Waals surface area contributed by atoms with Crippen molar-refractivity contribution in [3.63, 3.8) is 0 Å². The van der Waals surface area contributed by atoms with Gasteiger partial charge in [-0.05, 0) is 31.6 Å². The molecule has 1 aliphatic carbocycles. The van der Waals surface area contributed by atoms with Gasteiger partial charge in [-0.2, -0.15) is 5.10 Å². The Bertz CT molecular complexity index is 476. The molecule has 2 aliphatic rings. The van der Waals surface area contributed by atoms with E-state index in [9.17, 15) is 4.79 Å². The molecule has 0 aromatic carbocycles. The SMILES string of the molecule is Cn1cc(CNC(=O)N2CCC(OCC3CC3)CC2)cn1. The molecule has 0 bridgehead atoms. The summed E-state index contributed by atoms with van der Waals surface area (Å²) in [6, 6.07) is 0.0134. The van der Waals surface area contributed by atoms with Crippen LogP contribution in [-0.4, -0.2) is 46.5 Å². The smallest absolute Gasteiger partial charge is 0.317 e. The van der Waals surface area contributed by atoms with Crippen molar-refractivity contribution in [1.82, 2.24) is 20.0 Å². The molecular weight excluding hydrogens is 268 g/mol. The molecule has 6 nitrogen and oxygen atoms in total. The zero-order chi connectivity index (χ0) is 14.7. The number of likely N-dealkylation sites (tertiary alicyclic amines) is 1. The first-order valence-electron chi connectivity index (χ1n) is 7.82. The lowest BCUT2D eigenvalue weighted by atomic mass is 10.1. The van der Waals surface area contributed by atoms with E-state index in [0.29, 0.717) is 12.6 Å². The van der Waals surface area contributed by atoms with Crippen LogP contribution in [0.2, 0.25) is 0 Å². The molecule has 2 heterocycles. The number of nitrogens with zero attached hydrogens (tertiary/aromatic N) is 3. The van der Waals surface area contributed by atoms with Crippen molar-refractivity contribution in [3.8, 4) is 0 Å². The highest BCUT2D eigenvalue weighted by Crippen LogP contribution is 2.30. The summed E-state index contributed by atoms with van der Waals surface area (Å²) in [6.07, 6.45) is 8.59. The standard InChI is InChI=1S/C15H24N4O2/c1-18-10-13(9-17-18)8-16-15(20)19-6-4-14(5-7-19)21-11-12-2-3-12/h9-10,12,14H,2-8,11H2,1H3,(H,16,20). The molecule has 1 aromatic heterocycles. The van der Waals surface area contributed by atoms with Crippen molar-refractivity contribution in [3.05, 3.63) is 18.0 Å². The van der Waals surface area contributed by atoms with Gasteiger partial charge in [-0.1, -0.05) is 0 Å². The van der Waals surface area contributed by atoms with E-state index in [4.69, 9.17) is 4.74 Å². The number of amides is 2. The molecule has 1 saturated heterocycles. The summed E-state index contributed by atoms with van der Waals surface area (Å²) >= 11 is 0. The summed E-state index contributed by atoms with van der Waals surface area (Å²) in [4.78, 5) is 14.0. The number of rotatable bonds is 5. The predicted octanol–water partition coefficient (Wildman–Crippen LogP) is 1.52. The number of carbonyl (C=O) groups excluding carboxylic acids is 1. The Kier molecular flexibility index (Phi) is 4.43. The molecule has 0 radical (unpaired) electrons. The van der Waals surface area contributed by atoms with Crippen molar-refractivity contribution < 1.29 is 9.53 Å². The third kappa shape index (κ3) is 4.20. The molecule has 1 saturated carbocycles. The quantitative estimate of drug-likeness (QED) is 0.895. The number of aromatic nitrogens is 2. The lowest BCUT2D eigenvalue weighted by Gasteiger charge is -2.32. The highest BCUT2D eigenvalue weighted by molar-refractivity contribution is 5.74. The third-order valence-electron chi connectivity index (χ3n) is 4.20. The van der Waals surface area contributed by atoms with Gasteiger partial charge in [0, 0.05) is 45.0 Å². The lowest BCUT2D eigenvalue weighted by molar-refractivity contribution is 0.00946. The van der Waals surface area contributed by atoms with E-state index in [2.05, 4.69) is 10.4 Å². The molecule has 2 fully saturated rings. The highest BCUT2D eigenvalue weighted by atomic mass is 16.5. The van der Waals surface area contributed by atoms with Crippen LogP contribution in [0.5, 0.6) is 0 Å². The van der Waals surface area contributed by atoms with Gasteiger partial charge in [0.15, 0.2) is 0 Å². The maximum Gasteiger partial charge on any atom is 0.317 e. The number of ether oxygens (including phenoxy) is 1. The first kappa shape index (κ1) is 14.4. The summed E-state index contributed by atoms with van der Waals surface area (Å²) in [5.74, 6) is 0.811. The number of hydrogen-bond acceptors (Lipinski definition) is 3. The van der Waals surface area contributed by atoms with Crippen molar-refractivity contribution >= 4 is 6.03 Å². The van der Waals surface area contributed by atoms with Gasteiger partial charge in [0.1, 0.15) is 0 Å². The Morgan fingerprint density at radius 1 is 1.38 bits per heavy atom. The minimum absolute atomic E-state index is 0.0134. The zero-order valence-corrected chi connectivity index (χ0v) is 12.6. The molecule has 6 heteroatoms. The monoisotopic (exact) mass is 292 g/mol. The number of aryl methyl sites for hydroxylation is 1. The predicted molar refractivity (Wildman–Crippen MR) is 78.7 cm³/mol. The molecule has 1 aromatic rings. The second-order valence-electron chi connectivity index (χ2n) is 6.14. The van der Waals surface area contributed by atoms with Gasteiger partial charge in [-0.25, -0.2) is 4.79 Å². The fraction of sp³-hybridized carbons (Fsp3) is 0.733. The second-order valence-corrected chi connectivity index (χ2v) is 6.14. The van der Waals surface area contributed by atoms with Crippen LogP contribution >= 0.6 is 0 Å². The van der Waals surface area contributed by atoms with Crippen molar-refractivity contribution in [1.29, 1.82) is 0 Å². The number of carbonyl (C=O) groups is 1. The van der Waals surface area contributed by atoms with E-state index in [1.54, 1.807) is 10.9 Å². The molecule has 21 heavy (non-hydrogen) atoms. The first-order valence-corrected chi connectivity index (χ1v) is 7.82. The van der Waals surface area contributed by atoms with Gasteiger partial charge in [-0.3, -0.25) is 4.68 Å². The van der Waals surface area contributed by atoms with Crippen LogP contribution < -0.4 is 5.32 Å². The molecule has 0 unspecified atom stereocenters. The van der Waals surface area contributed by atoms with Crippen molar-refractivity contribution in [2.45, 2.75) is 38.3 Å². The normalized spacial score (nSPS) is 19.8.